The summed E-state index contributed by atoms with van der Waals surface area (Å²) in [6.07, 6.45) is 0. The Morgan fingerprint density at radius 3 is 2.66 bits per heavy atom. The number of hydrogen-bond donors (Lipinski definition) is 1. The number of rotatable bonds is 7. The molecule has 0 aliphatic carbocycles. The quantitative estimate of drug-likeness (QED) is 0.322. The van der Waals surface area contributed by atoms with Crippen molar-refractivity contribution >= 4 is 23.3 Å². The van der Waals surface area contributed by atoms with E-state index in [9.17, 15) is 24.5 Å². The molecular weight excluding hydrogens is 384 g/mol. The van der Waals surface area contributed by atoms with E-state index in [2.05, 4.69) is 5.32 Å². The smallest absolute Gasteiger partial charge is 0.328 e. The van der Waals surface area contributed by atoms with Crippen LogP contribution < -0.4 is 14.8 Å². The first-order chi connectivity index (χ1) is 13.8. The van der Waals surface area contributed by atoms with Gasteiger partial charge in [0.05, 0.1) is 4.92 Å². The minimum Gasteiger partial charge on any atom is -0.456 e. The minimum atomic E-state index is -1.06. The fourth-order valence-corrected chi connectivity index (χ4v) is 2.51. The second-order valence-electron chi connectivity index (χ2n) is 6.10. The fraction of sp³-hybridized carbons (Fsp3) is 0.211. The first-order valence-corrected chi connectivity index (χ1v) is 8.50. The molecule has 0 fully saturated rings. The molecule has 0 bridgehead atoms. The zero-order chi connectivity index (χ0) is 21.0. The van der Waals surface area contributed by atoms with Gasteiger partial charge in [0.1, 0.15) is 6.04 Å². The molecule has 150 valence electrons. The van der Waals surface area contributed by atoms with Crippen LogP contribution in [0.4, 0.5) is 5.69 Å². The largest absolute Gasteiger partial charge is 0.456 e. The van der Waals surface area contributed by atoms with Crippen molar-refractivity contribution in [1.82, 2.24) is 5.32 Å². The summed E-state index contributed by atoms with van der Waals surface area (Å²) in [5, 5.41) is 13.2. The molecule has 1 N–H and O–H groups in total. The van der Waals surface area contributed by atoms with Crippen LogP contribution in [-0.2, 0) is 9.53 Å². The molecule has 0 saturated heterocycles. The molecule has 10 heteroatoms. The molecule has 0 radical (unpaired) electrons. The number of Topliss-reactive ketones (excluding diaryl/α,β-unsaturated/α-hetero) is 1. The fourth-order valence-electron chi connectivity index (χ4n) is 2.51. The predicted octanol–water partition coefficient (Wildman–Crippen LogP) is 1.87. The second kappa shape index (κ2) is 8.38. The van der Waals surface area contributed by atoms with Crippen molar-refractivity contribution in [3.05, 3.63) is 63.7 Å². The number of ether oxygens (including phenoxy) is 3. The third kappa shape index (κ3) is 4.67. The number of nitrogens with one attached hydrogen (secondary N) is 1. The van der Waals surface area contributed by atoms with Crippen molar-refractivity contribution in [2.75, 3.05) is 13.4 Å². The van der Waals surface area contributed by atoms with Crippen molar-refractivity contribution in [1.29, 1.82) is 0 Å². The lowest BCUT2D eigenvalue weighted by Crippen LogP contribution is -2.40. The average Bonchev–Trinajstić information content (AvgIpc) is 3.19. The number of benzene rings is 2. The highest BCUT2D eigenvalue weighted by Gasteiger charge is 2.21. The van der Waals surface area contributed by atoms with Crippen LogP contribution in [0.15, 0.2) is 42.5 Å². The third-order valence-corrected chi connectivity index (χ3v) is 4.06. The molecule has 0 unspecified atom stereocenters. The van der Waals surface area contributed by atoms with E-state index in [1.165, 1.54) is 37.3 Å². The number of nitro benzene ring substituents is 1. The van der Waals surface area contributed by atoms with Crippen molar-refractivity contribution in [3.63, 3.8) is 0 Å². The highest BCUT2D eigenvalue weighted by Crippen LogP contribution is 2.32. The number of ketones is 1. The van der Waals surface area contributed by atoms with Crippen LogP contribution in [0, 0.1) is 10.1 Å². The minimum absolute atomic E-state index is 0.0234. The molecule has 10 nitrogen and oxygen atoms in total. The van der Waals surface area contributed by atoms with Gasteiger partial charge in [0, 0.05) is 23.3 Å². The number of hydrogen-bond acceptors (Lipinski definition) is 8. The van der Waals surface area contributed by atoms with Crippen LogP contribution in [0.5, 0.6) is 11.5 Å². The predicted molar refractivity (Wildman–Crippen MR) is 97.9 cm³/mol. The van der Waals surface area contributed by atoms with Crippen molar-refractivity contribution in [3.8, 4) is 11.5 Å². The Balaban J connectivity index is 1.53. The molecule has 3 rings (SSSR count). The Hall–Kier alpha value is -3.95. The van der Waals surface area contributed by atoms with Crippen molar-refractivity contribution in [2.24, 2.45) is 0 Å². The maximum atomic E-state index is 12.2. The number of fused-ring (bicyclic) bond motifs is 1. The van der Waals surface area contributed by atoms with Crippen LogP contribution >= 0.6 is 0 Å². The summed E-state index contributed by atoms with van der Waals surface area (Å²) in [7, 11) is 0. The van der Waals surface area contributed by atoms with Gasteiger partial charge in [-0.15, -0.1) is 0 Å². The van der Waals surface area contributed by atoms with E-state index < -0.39 is 35.2 Å². The van der Waals surface area contributed by atoms with E-state index in [1.807, 2.05) is 0 Å². The Kier molecular flexibility index (Phi) is 5.72. The molecule has 0 aromatic heterocycles. The van der Waals surface area contributed by atoms with Gasteiger partial charge in [-0.3, -0.25) is 19.7 Å². The Morgan fingerprint density at radius 2 is 1.90 bits per heavy atom. The second-order valence-corrected chi connectivity index (χ2v) is 6.10. The van der Waals surface area contributed by atoms with E-state index in [0.717, 1.165) is 6.07 Å². The molecule has 1 aliphatic heterocycles. The SMILES string of the molecule is C[C@H](NC(=O)c1cccc([N+](=O)[O-])c1)C(=O)OCC(=O)c1ccc2c(c1)OCO2. The summed E-state index contributed by atoms with van der Waals surface area (Å²) in [5.41, 5.74) is 0.0628. The summed E-state index contributed by atoms with van der Waals surface area (Å²) in [4.78, 5) is 46.6. The summed E-state index contributed by atoms with van der Waals surface area (Å²) in [5.74, 6) is -0.997. The van der Waals surface area contributed by atoms with E-state index >= 15 is 0 Å². The number of carbonyl (C=O) groups is 3. The molecule has 29 heavy (non-hydrogen) atoms. The zero-order valence-corrected chi connectivity index (χ0v) is 15.2. The first kappa shape index (κ1) is 19.8. The standard InChI is InChI=1S/C19H16N2O8/c1-11(20-18(23)13-3-2-4-14(7-13)21(25)26)19(24)27-9-15(22)12-5-6-16-17(8-12)29-10-28-16/h2-8,11H,9-10H2,1H3,(H,20,23)/t11-/m0/s1. The lowest BCUT2D eigenvalue weighted by molar-refractivity contribution is -0.384. The maximum Gasteiger partial charge on any atom is 0.328 e. The number of non-ortho nitro benzene ring substituents is 1. The highest BCUT2D eigenvalue weighted by molar-refractivity contribution is 6.00. The van der Waals surface area contributed by atoms with Gasteiger partial charge >= 0.3 is 5.97 Å². The van der Waals surface area contributed by atoms with Crippen LogP contribution in [0.2, 0.25) is 0 Å². The molecule has 2 aromatic rings. The normalized spacial score (nSPS) is 12.7. The topological polar surface area (TPSA) is 134 Å². The van der Waals surface area contributed by atoms with Crippen LogP contribution in [0.1, 0.15) is 27.6 Å². The molecule has 1 aliphatic rings. The Labute approximate surface area is 164 Å². The average molecular weight is 400 g/mol. The number of esters is 1. The number of carbonyl (C=O) groups excluding carboxylic acids is 3. The van der Waals surface area contributed by atoms with Crippen molar-refractivity contribution < 1.29 is 33.5 Å². The molecular formula is C19H16N2O8. The van der Waals surface area contributed by atoms with E-state index in [1.54, 1.807) is 6.07 Å². The first-order valence-electron chi connectivity index (χ1n) is 8.50. The molecule has 1 heterocycles. The van der Waals surface area contributed by atoms with Gasteiger partial charge in [0.25, 0.3) is 11.6 Å². The monoisotopic (exact) mass is 400 g/mol. The Morgan fingerprint density at radius 1 is 1.14 bits per heavy atom. The van der Waals surface area contributed by atoms with Crippen molar-refractivity contribution in [2.45, 2.75) is 13.0 Å². The van der Waals surface area contributed by atoms with Gasteiger partial charge in [0.2, 0.25) is 6.79 Å². The maximum absolute atomic E-state index is 12.2. The lowest BCUT2D eigenvalue weighted by Gasteiger charge is -2.13. The van der Waals surface area contributed by atoms with E-state index in [4.69, 9.17) is 14.2 Å². The zero-order valence-electron chi connectivity index (χ0n) is 15.2. The number of nitro groups is 1. The van der Waals surface area contributed by atoms with Crippen LogP contribution in [0.25, 0.3) is 0 Å². The van der Waals surface area contributed by atoms with Gasteiger partial charge < -0.3 is 19.5 Å². The molecule has 1 atom stereocenters. The van der Waals surface area contributed by atoms with Gasteiger partial charge in [0.15, 0.2) is 23.9 Å². The lowest BCUT2D eigenvalue weighted by atomic mass is 10.1. The Bertz CT molecular complexity index is 988. The van der Waals surface area contributed by atoms with Gasteiger partial charge in [-0.1, -0.05) is 6.07 Å². The van der Waals surface area contributed by atoms with Crippen LogP contribution in [0.3, 0.4) is 0 Å². The van der Waals surface area contributed by atoms with Gasteiger partial charge in [-0.2, -0.15) is 0 Å². The molecule has 0 spiro atoms. The van der Waals surface area contributed by atoms with Gasteiger partial charge in [-0.05, 0) is 31.2 Å². The molecule has 1 amide bonds. The summed E-state index contributed by atoms with van der Waals surface area (Å²) >= 11 is 0. The van der Waals surface area contributed by atoms with Crippen LogP contribution in [-0.4, -0.2) is 42.0 Å². The van der Waals surface area contributed by atoms with Gasteiger partial charge in [-0.25, -0.2) is 4.79 Å². The summed E-state index contributed by atoms with van der Waals surface area (Å²) in [6, 6.07) is 8.62. The van der Waals surface area contributed by atoms with E-state index in [0.29, 0.717) is 11.5 Å². The highest BCUT2D eigenvalue weighted by atomic mass is 16.7. The summed E-state index contributed by atoms with van der Waals surface area (Å²) < 4.78 is 15.3. The molecule has 0 saturated carbocycles. The number of amides is 1. The molecule has 2 aromatic carbocycles. The van der Waals surface area contributed by atoms with E-state index in [-0.39, 0.29) is 23.6 Å². The summed E-state index contributed by atoms with van der Waals surface area (Å²) in [6.45, 7) is 0.932. The number of nitrogens with zero attached hydrogens (tertiary/aromatic N) is 1. The third-order valence-electron chi connectivity index (χ3n) is 4.06.